The minimum atomic E-state index is 0.127. The zero-order valence-corrected chi connectivity index (χ0v) is 10.8. The molecule has 4 fully saturated rings. The summed E-state index contributed by atoms with van der Waals surface area (Å²) in [6, 6.07) is 0. The summed E-state index contributed by atoms with van der Waals surface area (Å²) in [7, 11) is 0. The van der Waals surface area contributed by atoms with Gasteiger partial charge in [0.1, 0.15) is 5.78 Å². The Morgan fingerprint density at radius 3 is 2.12 bits per heavy atom. The number of carbonyl (C=O) groups excluding carboxylic acids is 1. The number of hydrogen-bond donors (Lipinski definition) is 0. The van der Waals surface area contributed by atoms with Gasteiger partial charge in [0.25, 0.3) is 0 Å². The molecule has 0 spiro atoms. The summed E-state index contributed by atoms with van der Waals surface area (Å²) in [6.07, 6.45) is 6.51. The molecule has 1 nitrogen and oxygen atoms in total. The van der Waals surface area contributed by atoms with Crippen LogP contribution in [0.3, 0.4) is 0 Å². The molecule has 0 aromatic carbocycles. The molecule has 2 unspecified atom stereocenters. The van der Waals surface area contributed by atoms with Crippen molar-refractivity contribution in [3.63, 3.8) is 0 Å². The first kappa shape index (κ1) is 10.8. The van der Waals surface area contributed by atoms with E-state index in [2.05, 4.69) is 13.8 Å². The highest BCUT2D eigenvalue weighted by atomic mass is 16.1. The summed E-state index contributed by atoms with van der Waals surface area (Å²) in [5, 5.41) is 0. The van der Waals surface area contributed by atoms with E-state index in [-0.39, 0.29) is 5.41 Å². The minimum absolute atomic E-state index is 0.127. The first-order valence-corrected chi connectivity index (χ1v) is 7.03. The van der Waals surface area contributed by atoms with E-state index < -0.39 is 0 Å². The second-order valence-electron chi connectivity index (χ2n) is 7.13. The molecule has 4 saturated carbocycles. The molecule has 4 aliphatic carbocycles. The van der Waals surface area contributed by atoms with Crippen LogP contribution in [0.5, 0.6) is 0 Å². The molecule has 0 aromatic heterocycles. The summed E-state index contributed by atoms with van der Waals surface area (Å²) >= 11 is 0. The second kappa shape index (κ2) is 3.34. The standard InChI is InChI=1S/C15H24O/c1-9(2)14-12-4-11-5-13(14)8-15(6-11,7-12)10(3)16/h9,11-14H,4-8H2,1-3H3. The maximum atomic E-state index is 12.0. The van der Waals surface area contributed by atoms with E-state index in [4.69, 9.17) is 0 Å². The van der Waals surface area contributed by atoms with E-state index in [0.29, 0.717) is 5.78 Å². The molecule has 4 bridgehead atoms. The van der Waals surface area contributed by atoms with Gasteiger partial charge in [-0.15, -0.1) is 0 Å². The lowest BCUT2D eigenvalue weighted by Crippen LogP contribution is -2.54. The van der Waals surface area contributed by atoms with E-state index >= 15 is 0 Å². The third-order valence-electron chi connectivity index (χ3n) is 5.86. The molecule has 1 heteroatoms. The largest absolute Gasteiger partial charge is 0.299 e. The zero-order valence-electron chi connectivity index (χ0n) is 10.8. The van der Waals surface area contributed by atoms with Crippen molar-refractivity contribution in [3.05, 3.63) is 0 Å². The van der Waals surface area contributed by atoms with E-state index in [0.717, 1.165) is 29.6 Å². The smallest absolute Gasteiger partial charge is 0.135 e. The van der Waals surface area contributed by atoms with Gasteiger partial charge in [0.05, 0.1) is 0 Å². The Bertz CT molecular complexity index is 301. The van der Waals surface area contributed by atoms with Gasteiger partial charge in [0.15, 0.2) is 0 Å². The molecule has 0 N–H and O–H groups in total. The second-order valence-corrected chi connectivity index (χ2v) is 7.13. The number of Topliss-reactive ketones (excluding diaryl/α,β-unsaturated/α-hetero) is 1. The lowest BCUT2D eigenvalue weighted by Gasteiger charge is -2.60. The Hall–Kier alpha value is -0.330. The average molecular weight is 220 g/mol. The van der Waals surface area contributed by atoms with Crippen LogP contribution in [0.4, 0.5) is 0 Å². The summed E-state index contributed by atoms with van der Waals surface area (Å²) in [6.45, 7) is 6.61. The fraction of sp³-hybridized carbons (Fsp3) is 0.933. The van der Waals surface area contributed by atoms with Crippen LogP contribution in [-0.4, -0.2) is 5.78 Å². The Labute approximate surface area is 99.0 Å². The molecule has 0 radical (unpaired) electrons. The molecule has 0 amide bonds. The predicted molar refractivity (Wildman–Crippen MR) is 65.0 cm³/mol. The van der Waals surface area contributed by atoms with Crippen LogP contribution in [0, 0.1) is 35.0 Å². The highest BCUT2D eigenvalue weighted by molar-refractivity contribution is 5.82. The minimum Gasteiger partial charge on any atom is -0.299 e. The molecule has 0 aliphatic heterocycles. The van der Waals surface area contributed by atoms with Crippen LogP contribution < -0.4 is 0 Å². The number of hydrogen-bond acceptors (Lipinski definition) is 1. The van der Waals surface area contributed by atoms with E-state index in [1.807, 2.05) is 6.92 Å². The highest BCUT2D eigenvalue weighted by Crippen LogP contribution is 2.63. The number of rotatable bonds is 2. The van der Waals surface area contributed by atoms with Crippen molar-refractivity contribution in [3.8, 4) is 0 Å². The summed E-state index contributed by atoms with van der Waals surface area (Å²) in [5.74, 6) is 4.86. The van der Waals surface area contributed by atoms with Gasteiger partial charge < -0.3 is 0 Å². The highest BCUT2D eigenvalue weighted by Gasteiger charge is 2.57. The molecule has 2 atom stereocenters. The van der Waals surface area contributed by atoms with Crippen molar-refractivity contribution < 1.29 is 4.79 Å². The number of carbonyl (C=O) groups is 1. The lowest BCUT2D eigenvalue weighted by molar-refractivity contribution is -0.151. The Morgan fingerprint density at radius 2 is 1.69 bits per heavy atom. The first-order valence-electron chi connectivity index (χ1n) is 7.03. The summed E-state index contributed by atoms with van der Waals surface area (Å²) in [4.78, 5) is 12.0. The maximum Gasteiger partial charge on any atom is 0.135 e. The molecule has 16 heavy (non-hydrogen) atoms. The van der Waals surface area contributed by atoms with Crippen molar-refractivity contribution >= 4 is 5.78 Å². The SMILES string of the molecule is CC(=O)C12CC3CC(C1)C(C(C)C)C(C3)C2. The van der Waals surface area contributed by atoms with Crippen LogP contribution in [-0.2, 0) is 4.79 Å². The monoisotopic (exact) mass is 220 g/mol. The summed E-state index contributed by atoms with van der Waals surface area (Å²) in [5.41, 5.74) is 0.127. The van der Waals surface area contributed by atoms with Gasteiger partial charge in [0, 0.05) is 5.41 Å². The van der Waals surface area contributed by atoms with Crippen LogP contribution in [0.1, 0.15) is 52.9 Å². The molecule has 0 saturated heterocycles. The van der Waals surface area contributed by atoms with Crippen molar-refractivity contribution in [1.82, 2.24) is 0 Å². The fourth-order valence-corrected chi connectivity index (χ4v) is 5.58. The van der Waals surface area contributed by atoms with Crippen LogP contribution in [0.25, 0.3) is 0 Å². The molecule has 0 heterocycles. The van der Waals surface area contributed by atoms with E-state index in [1.165, 1.54) is 32.1 Å². The quantitative estimate of drug-likeness (QED) is 0.694. The third kappa shape index (κ3) is 1.33. The molecule has 90 valence electrons. The Kier molecular flexibility index (Phi) is 2.25. The van der Waals surface area contributed by atoms with E-state index in [9.17, 15) is 4.79 Å². The summed E-state index contributed by atoms with van der Waals surface area (Å²) < 4.78 is 0. The van der Waals surface area contributed by atoms with Gasteiger partial charge in [-0.3, -0.25) is 4.79 Å². The van der Waals surface area contributed by atoms with Crippen molar-refractivity contribution in [1.29, 1.82) is 0 Å². The average Bonchev–Trinajstić information content (AvgIpc) is 2.14. The lowest BCUT2D eigenvalue weighted by atomic mass is 9.44. The van der Waals surface area contributed by atoms with E-state index in [1.54, 1.807) is 0 Å². The van der Waals surface area contributed by atoms with Gasteiger partial charge in [-0.05, 0) is 68.6 Å². The Morgan fingerprint density at radius 1 is 1.12 bits per heavy atom. The molecule has 0 aromatic rings. The van der Waals surface area contributed by atoms with Crippen LogP contribution in [0.15, 0.2) is 0 Å². The van der Waals surface area contributed by atoms with Gasteiger partial charge in [-0.1, -0.05) is 13.8 Å². The van der Waals surface area contributed by atoms with Gasteiger partial charge in [0.2, 0.25) is 0 Å². The van der Waals surface area contributed by atoms with Gasteiger partial charge in [-0.2, -0.15) is 0 Å². The van der Waals surface area contributed by atoms with Crippen molar-refractivity contribution in [2.24, 2.45) is 35.0 Å². The normalized spacial score (nSPS) is 50.0. The zero-order chi connectivity index (χ0) is 11.5. The fourth-order valence-electron chi connectivity index (χ4n) is 5.58. The van der Waals surface area contributed by atoms with Crippen LogP contribution >= 0.6 is 0 Å². The van der Waals surface area contributed by atoms with Crippen LogP contribution in [0.2, 0.25) is 0 Å². The van der Waals surface area contributed by atoms with Gasteiger partial charge in [-0.25, -0.2) is 0 Å². The maximum absolute atomic E-state index is 12.0. The number of ketones is 1. The van der Waals surface area contributed by atoms with Gasteiger partial charge >= 0.3 is 0 Å². The molecular formula is C15H24O. The first-order chi connectivity index (χ1) is 7.52. The van der Waals surface area contributed by atoms with Crippen molar-refractivity contribution in [2.45, 2.75) is 52.9 Å². The Balaban J connectivity index is 1.92. The predicted octanol–water partition coefficient (Wildman–Crippen LogP) is 3.67. The van der Waals surface area contributed by atoms with Crippen molar-refractivity contribution in [2.75, 3.05) is 0 Å². The third-order valence-corrected chi connectivity index (χ3v) is 5.86. The molecule has 4 rings (SSSR count). The molecule has 4 aliphatic rings. The topological polar surface area (TPSA) is 17.1 Å². The molecular weight excluding hydrogens is 196 g/mol.